The van der Waals surface area contributed by atoms with E-state index in [9.17, 15) is 0 Å². The summed E-state index contributed by atoms with van der Waals surface area (Å²) in [5.74, 6) is 0. The summed E-state index contributed by atoms with van der Waals surface area (Å²) in [6.07, 6.45) is 2.00. The predicted molar refractivity (Wildman–Crippen MR) is 68.2 cm³/mol. The minimum Gasteiger partial charge on any atom is -0.356 e. The Balaban J connectivity index is 2.15. The number of nitrogens with zero attached hydrogens (tertiary/aromatic N) is 1. The molecule has 2 rings (SSSR count). The van der Waals surface area contributed by atoms with Crippen molar-refractivity contribution in [1.29, 1.82) is 0 Å². The molecule has 80 valence electrons. The Hall–Kier alpha value is -0.380. The first-order valence-electron chi connectivity index (χ1n) is 4.50. The summed E-state index contributed by atoms with van der Waals surface area (Å²) >= 11 is 13.4. The quantitative estimate of drug-likeness (QED) is 0.838. The molecule has 0 aromatic heterocycles. The predicted octanol–water partition coefficient (Wildman–Crippen LogP) is 3.36. The van der Waals surface area contributed by atoms with E-state index in [1.807, 2.05) is 24.5 Å². The molecule has 5 heteroatoms. The lowest BCUT2D eigenvalue weighted by Gasteiger charge is -2.12. The average Bonchev–Trinajstić information content (AvgIpc) is 2.70. The fraction of sp³-hybridized carbons (Fsp3) is 0.300. The SMILES string of the molecule is CSC1=NCC(c2ccc(Cl)c(Cl)c2)N1. The van der Waals surface area contributed by atoms with Crippen molar-refractivity contribution >= 4 is 40.1 Å². The van der Waals surface area contributed by atoms with Crippen LogP contribution in [0.3, 0.4) is 0 Å². The van der Waals surface area contributed by atoms with Crippen LogP contribution in [-0.4, -0.2) is 18.0 Å². The molecule has 0 fully saturated rings. The Morgan fingerprint density at radius 1 is 1.40 bits per heavy atom. The minimum absolute atomic E-state index is 0.224. The van der Waals surface area contributed by atoms with Gasteiger partial charge in [0.2, 0.25) is 0 Å². The molecule has 2 nitrogen and oxygen atoms in total. The van der Waals surface area contributed by atoms with E-state index < -0.39 is 0 Å². The monoisotopic (exact) mass is 260 g/mol. The van der Waals surface area contributed by atoms with Crippen molar-refractivity contribution in [2.45, 2.75) is 6.04 Å². The first-order chi connectivity index (χ1) is 7.20. The molecule has 1 heterocycles. The van der Waals surface area contributed by atoms with Crippen LogP contribution in [0.25, 0.3) is 0 Å². The molecule has 0 saturated heterocycles. The fourth-order valence-electron chi connectivity index (χ4n) is 1.46. The minimum atomic E-state index is 0.224. The highest BCUT2D eigenvalue weighted by Gasteiger charge is 2.18. The normalized spacial score (nSPS) is 19.9. The van der Waals surface area contributed by atoms with Crippen molar-refractivity contribution in [3.05, 3.63) is 33.8 Å². The van der Waals surface area contributed by atoms with Crippen LogP contribution in [0.5, 0.6) is 0 Å². The smallest absolute Gasteiger partial charge is 0.156 e. The molecule has 1 aliphatic heterocycles. The molecule has 0 aliphatic carbocycles. The molecule has 0 bridgehead atoms. The standard InChI is InChI=1S/C10H10Cl2N2S/c1-15-10-13-5-9(14-10)6-2-3-7(11)8(12)4-6/h2-4,9H,5H2,1H3,(H,13,14). The molecule has 0 saturated carbocycles. The first kappa shape index (κ1) is 11.1. The highest BCUT2D eigenvalue weighted by molar-refractivity contribution is 8.13. The molecule has 0 radical (unpaired) electrons. The van der Waals surface area contributed by atoms with Crippen molar-refractivity contribution in [2.24, 2.45) is 4.99 Å². The van der Waals surface area contributed by atoms with E-state index in [1.54, 1.807) is 11.8 Å². The summed E-state index contributed by atoms with van der Waals surface area (Å²) in [5.41, 5.74) is 1.12. The molecule has 1 atom stereocenters. The molecular formula is C10H10Cl2N2S. The van der Waals surface area contributed by atoms with Crippen LogP contribution < -0.4 is 5.32 Å². The Morgan fingerprint density at radius 2 is 2.20 bits per heavy atom. The lowest BCUT2D eigenvalue weighted by molar-refractivity contribution is 0.712. The van der Waals surface area contributed by atoms with Gasteiger partial charge < -0.3 is 5.32 Å². The molecule has 1 aromatic rings. The van der Waals surface area contributed by atoms with Gasteiger partial charge >= 0.3 is 0 Å². The van der Waals surface area contributed by atoms with Gasteiger partial charge in [0.05, 0.1) is 22.6 Å². The molecule has 15 heavy (non-hydrogen) atoms. The Morgan fingerprint density at radius 3 is 2.80 bits per heavy atom. The van der Waals surface area contributed by atoms with Gasteiger partial charge in [-0.15, -0.1) is 0 Å². The third kappa shape index (κ3) is 2.41. The fourth-order valence-corrected chi connectivity index (χ4v) is 2.23. The van der Waals surface area contributed by atoms with E-state index >= 15 is 0 Å². The maximum atomic E-state index is 5.96. The van der Waals surface area contributed by atoms with E-state index in [2.05, 4.69) is 10.3 Å². The third-order valence-electron chi connectivity index (χ3n) is 2.25. The van der Waals surface area contributed by atoms with Gasteiger partial charge in [0.15, 0.2) is 5.17 Å². The molecule has 1 aliphatic rings. The van der Waals surface area contributed by atoms with Crippen LogP contribution in [0.1, 0.15) is 11.6 Å². The highest BCUT2D eigenvalue weighted by atomic mass is 35.5. The maximum absolute atomic E-state index is 5.96. The molecule has 0 amide bonds. The molecular weight excluding hydrogens is 251 g/mol. The van der Waals surface area contributed by atoms with Crippen LogP contribution in [0.4, 0.5) is 0 Å². The van der Waals surface area contributed by atoms with Crippen LogP contribution in [-0.2, 0) is 0 Å². The second-order valence-corrected chi connectivity index (χ2v) is 4.83. The van der Waals surface area contributed by atoms with Gasteiger partial charge in [0.25, 0.3) is 0 Å². The van der Waals surface area contributed by atoms with Gasteiger partial charge in [-0.1, -0.05) is 41.0 Å². The Kier molecular flexibility index (Phi) is 3.44. The highest BCUT2D eigenvalue weighted by Crippen LogP contribution is 2.27. The van der Waals surface area contributed by atoms with Gasteiger partial charge in [-0.3, -0.25) is 4.99 Å². The topological polar surface area (TPSA) is 24.4 Å². The van der Waals surface area contributed by atoms with Crippen LogP contribution in [0, 0.1) is 0 Å². The van der Waals surface area contributed by atoms with E-state index in [1.165, 1.54) is 0 Å². The number of thioether (sulfide) groups is 1. The Bertz CT molecular complexity index is 406. The number of amidine groups is 1. The summed E-state index contributed by atoms with van der Waals surface area (Å²) in [4.78, 5) is 4.36. The van der Waals surface area contributed by atoms with Gasteiger partial charge in [-0.2, -0.15) is 0 Å². The zero-order chi connectivity index (χ0) is 10.8. The second kappa shape index (κ2) is 4.64. The van der Waals surface area contributed by atoms with Crippen molar-refractivity contribution in [3.63, 3.8) is 0 Å². The van der Waals surface area contributed by atoms with Crippen LogP contribution in [0.15, 0.2) is 23.2 Å². The number of aliphatic imine (C=N–C) groups is 1. The summed E-state index contributed by atoms with van der Waals surface area (Å²) < 4.78 is 0. The van der Waals surface area contributed by atoms with Crippen molar-refractivity contribution < 1.29 is 0 Å². The summed E-state index contributed by atoms with van der Waals surface area (Å²) in [6, 6.07) is 5.91. The average molecular weight is 261 g/mol. The molecule has 0 spiro atoms. The number of hydrogen-bond donors (Lipinski definition) is 1. The number of halogens is 2. The summed E-state index contributed by atoms with van der Waals surface area (Å²) in [6.45, 7) is 0.758. The van der Waals surface area contributed by atoms with Crippen LogP contribution in [0.2, 0.25) is 10.0 Å². The van der Waals surface area contributed by atoms with Gasteiger partial charge in [-0.05, 0) is 24.0 Å². The second-order valence-electron chi connectivity index (χ2n) is 3.22. The third-order valence-corrected chi connectivity index (χ3v) is 3.63. The molecule has 1 aromatic carbocycles. The van der Waals surface area contributed by atoms with Gasteiger partial charge in [-0.25, -0.2) is 0 Å². The summed E-state index contributed by atoms with van der Waals surface area (Å²) in [7, 11) is 0. The van der Waals surface area contributed by atoms with Crippen molar-refractivity contribution in [2.75, 3.05) is 12.8 Å². The van der Waals surface area contributed by atoms with E-state index in [0.717, 1.165) is 17.3 Å². The maximum Gasteiger partial charge on any atom is 0.156 e. The van der Waals surface area contributed by atoms with Crippen molar-refractivity contribution in [3.8, 4) is 0 Å². The van der Waals surface area contributed by atoms with Gasteiger partial charge in [0, 0.05) is 0 Å². The lowest BCUT2D eigenvalue weighted by atomic mass is 10.1. The number of nitrogens with one attached hydrogen (secondary N) is 1. The van der Waals surface area contributed by atoms with E-state index in [-0.39, 0.29) is 6.04 Å². The van der Waals surface area contributed by atoms with Gasteiger partial charge in [0.1, 0.15) is 0 Å². The van der Waals surface area contributed by atoms with E-state index in [4.69, 9.17) is 23.2 Å². The summed E-state index contributed by atoms with van der Waals surface area (Å²) in [5, 5.41) is 5.47. The molecule has 1 unspecified atom stereocenters. The molecule has 1 N–H and O–H groups in total. The van der Waals surface area contributed by atoms with E-state index in [0.29, 0.717) is 10.0 Å². The zero-order valence-electron chi connectivity index (χ0n) is 8.13. The van der Waals surface area contributed by atoms with Crippen LogP contribution >= 0.6 is 35.0 Å². The number of rotatable bonds is 1. The van der Waals surface area contributed by atoms with Crippen molar-refractivity contribution in [1.82, 2.24) is 5.32 Å². The number of benzene rings is 1. The first-order valence-corrected chi connectivity index (χ1v) is 6.48. The largest absolute Gasteiger partial charge is 0.356 e. The number of hydrogen-bond acceptors (Lipinski definition) is 3. The Labute approximate surface area is 103 Å². The zero-order valence-corrected chi connectivity index (χ0v) is 10.5. The lowest BCUT2D eigenvalue weighted by Crippen LogP contribution is -2.20.